The molecule has 0 spiro atoms. The number of ether oxygens (including phenoxy) is 4. The predicted molar refractivity (Wildman–Crippen MR) is 141 cm³/mol. The maximum atomic E-state index is 13.2. The Bertz CT molecular complexity index is 1470. The van der Waals surface area contributed by atoms with Crippen LogP contribution >= 0.6 is 0 Å². The lowest BCUT2D eigenvalue weighted by molar-refractivity contribution is -0.146. The van der Waals surface area contributed by atoms with Crippen molar-refractivity contribution < 1.29 is 48.0 Å². The van der Waals surface area contributed by atoms with Gasteiger partial charge < -0.3 is 29.0 Å². The molecular weight excluding hydrogens is 524 g/mol. The molecule has 1 aliphatic heterocycles. The van der Waals surface area contributed by atoms with Gasteiger partial charge in [0.25, 0.3) is 0 Å². The Balaban J connectivity index is 1.81. The first kappa shape index (κ1) is 29.6. The second-order valence-electron chi connectivity index (χ2n) is 8.61. The second-order valence-corrected chi connectivity index (χ2v) is 8.61. The van der Waals surface area contributed by atoms with Gasteiger partial charge in [0.15, 0.2) is 0 Å². The number of rotatable bonds is 11. The van der Waals surface area contributed by atoms with Crippen LogP contribution < -0.4 is 0 Å². The lowest BCUT2D eigenvalue weighted by Gasteiger charge is -2.22. The number of aliphatic hydroxyl groups is 1. The number of aryl methyl sites for hydroxylation is 1. The fourth-order valence-electron chi connectivity index (χ4n) is 4.22. The molecule has 1 aromatic rings. The molecule has 3 rings (SSSR count). The lowest BCUT2D eigenvalue weighted by atomic mass is 9.82. The zero-order chi connectivity index (χ0) is 29.7. The van der Waals surface area contributed by atoms with Gasteiger partial charge in [0.05, 0.1) is 39.4 Å². The van der Waals surface area contributed by atoms with E-state index in [0.717, 1.165) is 12.2 Å². The molecule has 12 heteroatoms. The number of carbonyl (C=O) groups is 5. The topological polar surface area (TPSA) is 171 Å². The van der Waals surface area contributed by atoms with Crippen molar-refractivity contribution >= 4 is 40.9 Å². The summed E-state index contributed by atoms with van der Waals surface area (Å²) in [5.41, 5.74) is 1.96. The number of carbonyl (C=O) groups excluding carboxylic acids is 5. The van der Waals surface area contributed by atoms with Crippen molar-refractivity contribution in [3.63, 3.8) is 0 Å². The van der Waals surface area contributed by atoms with Crippen molar-refractivity contribution in [1.82, 2.24) is 4.98 Å². The van der Waals surface area contributed by atoms with Crippen LogP contribution in [0.25, 0.3) is 5.57 Å². The van der Waals surface area contributed by atoms with E-state index < -0.39 is 29.7 Å². The number of esters is 4. The Kier molecular flexibility index (Phi) is 9.04. The summed E-state index contributed by atoms with van der Waals surface area (Å²) in [4.78, 5) is 67.9. The highest BCUT2D eigenvalue weighted by Crippen LogP contribution is 2.43. The van der Waals surface area contributed by atoms with Gasteiger partial charge in [0.2, 0.25) is 5.78 Å². The number of allylic oxidation sites excluding steroid dienone is 3. The van der Waals surface area contributed by atoms with Gasteiger partial charge in [-0.05, 0) is 38.8 Å². The summed E-state index contributed by atoms with van der Waals surface area (Å²) in [6, 6.07) is 0. The third kappa shape index (κ3) is 5.70. The molecule has 0 fully saturated rings. The molecule has 2 N–H and O–H groups in total. The van der Waals surface area contributed by atoms with Crippen LogP contribution in [-0.2, 0) is 38.1 Å². The summed E-state index contributed by atoms with van der Waals surface area (Å²) in [7, 11) is 0. The van der Waals surface area contributed by atoms with Crippen LogP contribution in [0.1, 0.15) is 41.2 Å². The molecule has 0 saturated carbocycles. The Morgan fingerprint density at radius 2 is 1.38 bits per heavy atom. The number of nitrogens with one attached hydrogen (secondary N) is 1. The van der Waals surface area contributed by atoms with Crippen LogP contribution in [0.2, 0.25) is 0 Å². The zero-order valence-electron chi connectivity index (χ0n) is 22.5. The van der Waals surface area contributed by atoms with Crippen LogP contribution in [-0.4, -0.2) is 71.9 Å². The molecule has 0 amide bonds. The molecule has 0 unspecified atom stereocenters. The summed E-state index contributed by atoms with van der Waals surface area (Å²) in [5, 5.41) is 10.9. The third-order valence-electron chi connectivity index (χ3n) is 6.09. The quantitative estimate of drug-likeness (QED) is 0.180. The standard InChI is InChI=1S/C28H28N2O10/c1-7-17(31)37-9-11-39-27(35)19-13(3)23(29-15(19)5)21-25(33)22(26(21)34)24-14(4)20(16(6)30-24)28(36)40-12-10-38-18(32)8-2/h7-8,29,33H,1-2,9-12H2,3-6H3/b24-22-. The average Bonchev–Trinajstić information content (AvgIpc) is 3.36. The minimum atomic E-state index is -0.724. The zero-order valence-corrected chi connectivity index (χ0v) is 22.5. The molecule has 12 nitrogen and oxygen atoms in total. The highest BCUT2D eigenvalue weighted by molar-refractivity contribution is 6.40. The van der Waals surface area contributed by atoms with Gasteiger partial charge in [-0.15, -0.1) is 0 Å². The summed E-state index contributed by atoms with van der Waals surface area (Å²) < 4.78 is 19.8. The van der Waals surface area contributed by atoms with Gasteiger partial charge in [-0.3, -0.25) is 9.79 Å². The number of Topliss-reactive ketones (excluding diaryl/α,β-unsaturated/α-hetero) is 1. The monoisotopic (exact) mass is 552 g/mol. The Labute approximate surface area is 229 Å². The number of hydrogen-bond acceptors (Lipinski definition) is 11. The smallest absolute Gasteiger partial charge is 0.340 e. The van der Waals surface area contributed by atoms with Gasteiger partial charge in [0, 0.05) is 17.8 Å². The van der Waals surface area contributed by atoms with E-state index in [1.807, 2.05) is 0 Å². The molecule has 0 atom stereocenters. The average molecular weight is 553 g/mol. The maximum Gasteiger partial charge on any atom is 0.340 e. The van der Waals surface area contributed by atoms with Gasteiger partial charge in [-0.2, -0.15) is 0 Å². The number of H-pyrrole nitrogens is 1. The second kappa shape index (κ2) is 12.2. The summed E-state index contributed by atoms with van der Waals surface area (Å²) in [6.07, 6.45) is 1.97. The number of aliphatic hydroxyl groups excluding tert-OH is 1. The lowest BCUT2D eigenvalue weighted by Crippen LogP contribution is -2.23. The van der Waals surface area contributed by atoms with E-state index in [1.165, 1.54) is 0 Å². The van der Waals surface area contributed by atoms with E-state index in [1.54, 1.807) is 27.7 Å². The number of hydrogen-bond donors (Lipinski definition) is 2. The first-order valence-corrected chi connectivity index (χ1v) is 12.1. The normalized spacial score (nSPS) is 16.3. The van der Waals surface area contributed by atoms with Crippen molar-refractivity contribution in [2.45, 2.75) is 27.7 Å². The predicted octanol–water partition coefficient (Wildman–Crippen LogP) is 2.69. The van der Waals surface area contributed by atoms with Crippen molar-refractivity contribution in [2.75, 3.05) is 26.4 Å². The third-order valence-corrected chi connectivity index (χ3v) is 6.09. The highest BCUT2D eigenvalue weighted by Gasteiger charge is 2.42. The van der Waals surface area contributed by atoms with E-state index >= 15 is 0 Å². The van der Waals surface area contributed by atoms with Gasteiger partial charge >= 0.3 is 23.9 Å². The first-order chi connectivity index (χ1) is 18.9. The summed E-state index contributed by atoms with van der Waals surface area (Å²) in [5.74, 6) is -3.60. The number of nitrogens with zero attached hydrogens (tertiary/aromatic N) is 1. The van der Waals surface area contributed by atoms with Crippen LogP contribution in [0.15, 0.2) is 58.5 Å². The number of ketones is 1. The minimum Gasteiger partial charge on any atom is -0.506 e. The molecule has 2 aliphatic rings. The van der Waals surface area contributed by atoms with Gasteiger partial charge in [-0.25, -0.2) is 19.2 Å². The van der Waals surface area contributed by atoms with Crippen LogP contribution in [0, 0.1) is 13.8 Å². The van der Waals surface area contributed by atoms with Crippen molar-refractivity contribution in [3.05, 3.63) is 76.0 Å². The van der Waals surface area contributed by atoms with Crippen LogP contribution in [0.5, 0.6) is 0 Å². The molecule has 1 aromatic heterocycles. The van der Waals surface area contributed by atoms with E-state index in [0.29, 0.717) is 16.8 Å². The molecule has 0 bridgehead atoms. The highest BCUT2D eigenvalue weighted by atomic mass is 16.6. The van der Waals surface area contributed by atoms with Crippen LogP contribution in [0.3, 0.4) is 0 Å². The molecule has 0 saturated heterocycles. The van der Waals surface area contributed by atoms with E-state index in [4.69, 9.17) is 18.9 Å². The fourth-order valence-corrected chi connectivity index (χ4v) is 4.22. The number of aromatic amines is 1. The van der Waals surface area contributed by atoms with E-state index in [2.05, 4.69) is 23.1 Å². The summed E-state index contributed by atoms with van der Waals surface area (Å²) in [6.45, 7) is 12.2. The number of aromatic nitrogens is 1. The molecule has 1 aliphatic carbocycles. The molecule has 0 radical (unpaired) electrons. The van der Waals surface area contributed by atoms with E-state index in [9.17, 15) is 29.1 Å². The molecule has 2 heterocycles. The van der Waals surface area contributed by atoms with Gasteiger partial charge in [-0.1, -0.05) is 13.2 Å². The number of aliphatic imine (C=N–C) groups is 1. The van der Waals surface area contributed by atoms with Crippen LogP contribution in [0.4, 0.5) is 0 Å². The Morgan fingerprint density at radius 3 is 1.90 bits per heavy atom. The maximum absolute atomic E-state index is 13.2. The molecule has 210 valence electrons. The summed E-state index contributed by atoms with van der Waals surface area (Å²) >= 11 is 0. The van der Waals surface area contributed by atoms with E-state index in [-0.39, 0.29) is 71.6 Å². The Morgan fingerprint density at radius 1 is 0.850 bits per heavy atom. The fraction of sp³-hybridized carbons (Fsp3) is 0.286. The largest absolute Gasteiger partial charge is 0.506 e. The first-order valence-electron chi connectivity index (χ1n) is 12.1. The van der Waals surface area contributed by atoms with Gasteiger partial charge in [0.1, 0.15) is 32.2 Å². The molecular formula is C28H28N2O10. The SMILES string of the molecule is C=CC(=O)OCCOC(=O)C1=C(C)/C(=C2/C(=O)C(c3[nH]c(C)c(C(=O)OCCOC(=O)C=C)c3C)=C2O)N=C1C. The van der Waals surface area contributed by atoms with Crippen molar-refractivity contribution in [1.29, 1.82) is 0 Å². The molecule has 0 aromatic carbocycles. The van der Waals surface area contributed by atoms with Crippen molar-refractivity contribution in [3.8, 4) is 0 Å². The minimum absolute atomic E-state index is 0.0391. The molecule has 40 heavy (non-hydrogen) atoms. The Hall–Kier alpha value is -5.00. The van der Waals surface area contributed by atoms with Crippen molar-refractivity contribution in [2.24, 2.45) is 4.99 Å².